The second-order valence-electron chi connectivity index (χ2n) is 14.2. The van der Waals surface area contributed by atoms with Crippen molar-refractivity contribution in [1.29, 1.82) is 0 Å². The van der Waals surface area contributed by atoms with E-state index in [1.165, 1.54) is 48.8 Å². The second-order valence-corrected chi connectivity index (χ2v) is 14.2. The fraction of sp³-hybridized carbons (Fsp3) is 0.587. The van der Waals surface area contributed by atoms with E-state index in [1.54, 1.807) is 19.2 Å². The number of allylic oxidation sites excluding steroid dienone is 5. The number of aldehydes is 1. The van der Waals surface area contributed by atoms with Crippen LogP contribution in [0.1, 0.15) is 106 Å². The summed E-state index contributed by atoms with van der Waals surface area (Å²) in [6.45, 7) is 22.6. The molecule has 0 unspecified atom stereocenters. The molecule has 1 aromatic rings. The summed E-state index contributed by atoms with van der Waals surface area (Å²) in [4.78, 5) is 66.4. The van der Waals surface area contributed by atoms with Crippen molar-refractivity contribution in [3.8, 4) is 5.75 Å². The number of hydrogen-bond donors (Lipinski definition) is 9. The molecular formula is C46H87N9O7Os. The van der Waals surface area contributed by atoms with Gasteiger partial charge in [-0.15, -0.1) is 0 Å². The van der Waals surface area contributed by atoms with Gasteiger partial charge in [0.15, 0.2) is 0 Å². The van der Waals surface area contributed by atoms with Crippen molar-refractivity contribution in [2.24, 2.45) is 29.0 Å². The quantitative estimate of drug-likeness (QED) is 0.0607. The Labute approximate surface area is 394 Å². The largest absolute Gasteiger partial charge is 2.00 e. The minimum absolute atomic E-state index is 0. The molecule has 0 saturated heterocycles. The van der Waals surface area contributed by atoms with Crippen molar-refractivity contribution >= 4 is 35.8 Å². The number of phenols is 1. The van der Waals surface area contributed by atoms with E-state index < -0.39 is 36.2 Å². The summed E-state index contributed by atoms with van der Waals surface area (Å²) < 4.78 is 0. The van der Waals surface area contributed by atoms with Gasteiger partial charge >= 0.3 is 19.8 Å². The molecule has 13 N–H and O–H groups in total. The Morgan fingerprint density at radius 2 is 1.33 bits per heavy atom. The first kappa shape index (κ1) is 73.1. The van der Waals surface area contributed by atoms with E-state index in [0.717, 1.165) is 25.4 Å². The van der Waals surface area contributed by atoms with Crippen LogP contribution in [0.4, 0.5) is 0 Å². The molecule has 17 heteroatoms. The summed E-state index contributed by atoms with van der Waals surface area (Å²) in [7, 11) is 1.60. The fourth-order valence-electron chi connectivity index (χ4n) is 4.27. The van der Waals surface area contributed by atoms with Gasteiger partial charge in [0.05, 0.1) is 32.1 Å². The number of amides is 5. The SMILES string of the molecule is C=C/C=C(C)/C(C)=C/C.CC1CCCCC1.CCCN.CCN.CNCC(=O)NCC(=O)N[C@H](CC(C)C)C(=O)NCC(=O)NCC([NH-])=O.Cc1ccc(O)cc1.NCC=O.[CH3-].[Os+2]. The van der Waals surface area contributed by atoms with Crippen LogP contribution in [0, 0.1) is 26.2 Å². The summed E-state index contributed by atoms with van der Waals surface area (Å²) in [6, 6.07) is 6.23. The predicted octanol–water partition coefficient (Wildman–Crippen LogP) is 4.95. The molecule has 1 aliphatic carbocycles. The first-order chi connectivity index (χ1) is 28.8. The third-order valence-electron chi connectivity index (χ3n) is 7.75. The normalized spacial score (nSPS) is 11.8. The third-order valence-corrected chi connectivity index (χ3v) is 7.75. The van der Waals surface area contributed by atoms with Crippen molar-refractivity contribution in [2.45, 2.75) is 113 Å². The van der Waals surface area contributed by atoms with Crippen LogP contribution in [0.15, 0.2) is 60.2 Å². The number of aryl methyl sites for hydroxylation is 1. The van der Waals surface area contributed by atoms with E-state index in [1.807, 2.05) is 58.9 Å². The smallest absolute Gasteiger partial charge is 0.666 e. The molecule has 366 valence electrons. The molecule has 1 fully saturated rings. The number of rotatable bonds is 16. The van der Waals surface area contributed by atoms with Crippen LogP contribution in [-0.2, 0) is 48.6 Å². The zero-order chi connectivity index (χ0) is 48.0. The first-order valence-corrected chi connectivity index (χ1v) is 21.0. The number of benzene rings is 1. The number of aromatic hydroxyl groups is 1. The average Bonchev–Trinajstić information content (AvgIpc) is 3.23. The van der Waals surface area contributed by atoms with Crippen LogP contribution in [-0.4, -0.2) is 99.8 Å². The van der Waals surface area contributed by atoms with E-state index in [0.29, 0.717) is 18.5 Å². The molecule has 0 aromatic heterocycles. The number of hydrogen-bond acceptors (Lipinski definition) is 11. The maximum absolute atomic E-state index is 12.2. The Hall–Kier alpha value is -4.26. The second kappa shape index (κ2) is 53.9. The standard InChI is InChI=1S/C15H28N6O5.C9H14.C7H8O.C7H14.C3H9N.C2H5NO.C2H7N.CH3.Os/c1-9(2)4-10(21-14(25)8-19-12(23)6-17-3)15(26)20-7-13(24)18-5-11(16)22;1-5-7-9(4)8(3)6-2;1-6-2-4-7(8)5-3-6;1-7-5-3-2-4-6-7;1-2-3-4;3-1-2-4;1-2-3;;/h9-10,17H,4-8H2,1-3H3,(H6,16,18,19,20,21,22,23,24,25,26);5-7H,1H2,2-4H3;2-5,8H,1H3;7H,2-6H2,1H3;2-4H2,1H3;2H,1,3H2;2-3H2,1H3;1H3;/q;;;;;;;-1;+2/p-1/b;8-6+,9-7+;;;;;;;/t10-;;;;;;;;/m1......../s1. The van der Waals surface area contributed by atoms with Gasteiger partial charge in [-0.25, -0.2) is 0 Å². The number of carbonyl (C=O) groups is 6. The van der Waals surface area contributed by atoms with Crippen LogP contribution in [0.3, 0.4) is 0 Å². The number of nitrogens with one attached hydrogen (secondary N) is 6. The molecule has 1 aliphatic rings. The van der Waals surface area contributed by atoms with Gasteiger partial charge in [0.2, 0.25) is 23.6 Å². The Morgan fingerprint density at radius 1 is 0.873 bits per heavy atom. The maximum atomic E-state index is 12.2. The Kier molecular flexibility index (Phi) is 62.6. The molecule has 0 aliphatic heterocycles. The number of carbonyl (C=O) groups excluding carboxylic acids is 6. The van der Waals surface area contributed by atoms with Crippen LogP contribution >= 0.6 is 0 Å². The number of nitrogens with two attached hydrogens (primary N) is 3. The minimum Gasteiger partial charge on any atom is -0.666 e. The monoisotopic (exact) mass is 1070 g/mol. The van der Waals surface area contributed by atoms with Crippen molar-refractivity contribution in [1.82, 2.24) is 26.6 Å². The van der Waals surface area contributed by atoms with Gasteiger partial charge in [0, 0.05) is 6.54 Å². The molecular weight excluding hydrogens is 981 g/mol. The van der Waals surface area contributed by atoms with Gasteiger partial charge in [-0.05, 0) is 90.2 Å². The van der Waals surface area contributed by atoms with Gasteiger partial charge in [0.1, 0.15) is 18.1 Å². The topological polar surface area (TPSA) is 285 Å². The zero-order valence-corrected chi connectivity index (χ0v) is 43.0. The average molecular weight is 1070 g/mol. The summed E-state index contributed by atoms with van der Waals surface area (Å²) in [5.41, 5.74) is 25.0. The van der Waals surface area contributed by atoms with Crippen LogP contribution in [0.2, 0.25) is 0 Å². The first-order valence-electron chi connectivity index (χ1n) is 21.0. The van der Waals surface area contributed by atoms with Crippen LogP contribution in [0.25, 0.3) is 5.73 Å². The third kappa shape index (κ3) is 59.9. The molecule has 0 heterocycles. The van der Waals surface area contributed by atoms with Crippen molar-refractivity contribution in [2.75, 3.05) is 52.9 Å². The van der Waals surface area contributed by atoms with Crippen molar-refractivity contribution in [3.63, 3.8) is 0 Å². The molecule has 2 rings (SSSR count). The van der Waals surface area contributed by atoms with E-state index in [-0.39, 0.29) is 65.2 Å². The van der Waals surface area contributed by atoms with Gasteiger partial charge in [-0.1, -0.05) is 115 Å². The fourth-order valence-corrected chi connectivity index (χ4v) is 4.27. The number of phenolic OH excluding ortho intramolecular Hbond substituents is 1. The van der Waals surface area contributed by atoms with E-state index in [4.69, 9.17) is 27.1 Å². The molecule has 16 nitrogen and oxygen atoms in total. The zero-order valence-electron chi connectivity index (χ0n) is 40.4. The molecule has 0 radical (unpaired) electrons. The summed E-state index contributed by atoms with van der Waals surface area (Å²) in [5.74, 6) is -1.54. The predicted molar refractivity (Wildman–Crippen MR) is 258 cm³/mol. The van der Waals surface area contributed by atoms with Gasteiger partial charge < -0.3 is 71.6 Å². The molecule has 0 spiro atoms. The summed E-state index contributed by atoms with van der Waals surface area (Å²) in [5, 5.41) is 20.9. The summed E-state index contributed by atoms with van der Waals surface area (Å²) >= 11 is 0. The number of likely N-dealkylation sites (N-methyl/N-ethyl adjacent to an activating group) is 1. The summed E-state index contributed by atoms with van der Waals surface area (Å²) in [6.07, 6.45) is 15.4. The Morgan fingerprint density at radius 3 is 1.68 bits per heavy atom. The molecule has 0 bridgehead atoms. The molecule has 1 saturated carbocycles. The molecule has 63 heavy (non-hydrogen) atoms. The molecule has 5 amide bonds. The van der Waals surface area contributed by atoms with E-state index >= 15 is 0 Å². The Balaban J connectivity index is -0.000000138. The minimum atomic E-state index is -0.949. The Bertz CT molecular complexity index is 1330. The van der Waals surface area contributed by atoms with E-state index in [2.05, 4.69) is 72.7 Å². The maximum Gasteiger partial charge on any atom is 2.00 e. The van der Waals surface area contributed by atoms with Crippen LogP contribution in [0.5, 0.6) is 5.75 Å². The molecule has 1 atom stereocenters. The van der Waals surface area contributed by atoms with Crippen molar-refractivity contribution < 1.29 is 53.7 Å². The van der Waals surface area contributed by atoms with Gasteiger partial charge in [-0.2, -0.15) is 0 Å². The van der Waals surface area contributed by atoms with Crippen molar-refractivity contribution in [3.05, 3.63) is 78.9 Å². The van der Waals surface area contributed by atoms with Gasteiger partial charge in [-0.3, -0.25) is 19.2 Å². The van der Waals surface area contributed by atoms with Gasteiger partial charge in [0.25, 0.3) is 0 Å². The van der Waals surface area contributed by atoms with Crippen LogP contribution < -0.4 is 43.8 Å². The van der Waals surface area contributed by atoms with E-state index in [9.17, 15) is 24.0 Å². The molecule has 1 aromatic carbocycles.